The highest BCUT2D eigenvalue weighted by molar-refractivity contribution is 5.93. The molecule has 2 heteroatoms. The molecule has 0 fully saturated rings. The molecule has 0 aromatic rings. The maximum absolute atomic E-state index is 12.4. The zero-order valence-electron chi connectivity index (χ0n) is 12.7. The van der Waals surface area contributed by atoms with Crippen molar-refractivity contribution in [1.29, 1.82) is 0 Å². The molecule has 0 aromatic carbocycles. The van der Waals surface area contributed by atoms with Gasteiger partial charge in [0.25, 0.3) is 0 Å². The largest absolute Gasteiger partial charge is 0.362 e. The summed E-state index contributed by atoms with van der Waals surface area (Å²) in [6, 6.07) is 0. The van der Waals surface area contributed by atoms with Crippen molar-refractivity contribution >= 4 is 5.78 Å². The van der Waals surface area contributed by atoms with Crippen molar-refractivity contribution in [2.24, 2.45) is 0 Å². The number of hydrogen-bond acceptors (Lipinski definition) is 2. The van der Waals surface area contributed by atoms with Gasteiger partial charge in [-0.05, 0) is 31.4 Å². The Kier molecular flexibility index (Phi) is 7.07. The summed E-state index contributed by atoms with van der Waals surface area (Å²) in [6.45, 7) is 4.21. The Morgan fingerprint density at radius 2 is 1.95 bits per heavy atom. The second-order valence-electron chi connectivity index (χ2n) is 5.41. The summed E-state index contributed by atoms with van der Waals surface area (Å²) in [5.41, 5.74) is 0.260. The Morgan fingerprint density at radius 3 is 2.58 bits per heavy atom. The van der Waals surface area contributed by atoms with Crippen LogP contribution in [0.2, 0.25) is 0 Å². The Balaban J connectivity index is 2.41. The van der Waals surface area contributed by atoms with Gasteiger partial charge in [0.2, 0.25) is 0 Å². The van der Waals surface area contributed by atoms with Gasteiger partial charge in [0.05, 0.1) is 0 Å². The van der Waals surface area contributed by atoms with Gasteiger partial charge in [0.1, 0.15) is 0 Å². The maximum Gasteiger partial charge on any atom is 0.172 e. The molecule has 1 rings (SSSR count). The average molecular weight is 264 g/mol. The first kappa shape index (κ1) is 16.2. The second-order valence-corrected chi connectivity index (χ2v) is 5.41. The number of unbranched alkanes of at least 4 members (excludes halogenated alkanes) is 5. The molecule has 0 radical (unpaired) electrons. The van der Waals surface area contributed by atoms with Gasteiger partial charge in [0, 0.05) is 13.5 Å². The Hall–Kier alpha value is -0.890. The maximum atomic E-state index is 12.4. The second kappa shape index (κ2) is 8.31. The molecule has 2 nitrogen and oxygen atoms in total. The lowest BCUT2D eigenvalue weighted by atomic mass is 9.83. The van der Waals surface area contributed by atoms with Gasteiger partial charge < -0.3 is 4.74 Å². The van der Waals surface area contributed by atoms with Gasteiger partial charge in [0.15, 0.2) is 11.4 Å². The number of rotatable bonds is 9. The van der Waals surface area contributed by atoms with Crippen LogP contribution in [0.25, 0.3) is 0 Å². The van der Waals surface area contributed by atoms with E-state index < -0.39 is 5.60 Å². The van der Waals surface area contributed by atoms with Gasteiger partial charge in [-0.25, -0.2) is 0 Å². The van der Waals surface area contributed by atoms with Crippen LogP contribution in [0, 0.1) is 0 Å². The van der Waals surface area contributed by atoms with E-state index in [1.54, 1.807) is 7.11 Å². The van der Waals surface area contributed by atoms with Crippen molar-refractivity contribution in [2.45, 2.75) is 70.8 Å². The van der Waals surface area contributed by atoms with E-state index in [0.717, 1.165) is 24.8 Å². The van der Waals surface area contributed by atoms with Crippen LogP contribution in [0.4, 0.5) is 0 Å². The fourth-order valence-electron chi connectivity index (χ4n) is 2.67. The van der Waals surface area contributed by atoms with E-state index in [9.17, 15) is 4.79 Å². The van der Waals surface area contributed by atoms with E-state index in [0.29, 0.717) is 6.42 Å². The lowest BCUT2D eigenvalue weighted by Crippen LogP contribution is -2.41. The van der Waals surface area contributed by atoms with Gasteiger partial charge >= 0.3 is 0 Å². The summed E-state index contributed by atoms with van der Waals surface area (Å²) >= 11 is 0. The summed E-state index contributed by atoms with van der Waals surface area (Å²) in [7, 11) is 1.63. The quantitative estimate of drug-likeness (QED) is 0.449. The van der Waals surface area contributed by atoms with E-state index >= 15 is 0 Å². The molecular weight excluding hydrogens is 236 g/mol. The molecule has 19 heavy (non-hydrogen) atoms. The first-order valence-electron chi connectivity index (χ1n) is 7.60. The molecule has 0 aromatic heterocycles. The number of ketones is 1. The summed E-state index contributed by atoms with van der Waals surface area (Å²) in [5.74, 6) is 0.204. The SMILES string of the molecule is CCCCCCCCC(=O)C1(OC)C=CCC=C1C. The highest BCUT2D eigenvalue weighted by Gasteiger charge is 2.37. The van der Waals surface area contributed by atoms with Crippen LogP contribution >= 0.6 is 0 Å². The van der Waals surface area contributed by atoms with Crippen LogP contribution in [0.5, 0.6) is 0 Å². The minimum Gasteiger partial charge on any atom is -0.362 e. The lowest BCUT2D eigenvalue weighted by Gasteiger charge is -2.31. The van der Waals surface area contributed by atoms with Gasteiger partial charge in [-0.2, -0.15) is 0 Å². The minimum absolute atomic E-state index is 0.204. The molecule has 1 unspecified atom stereocenters. The Bertz CT molecular complexity index is 341. The van der Waals surface area contributed by atoms with Crippen molar-refractivity contribution in [3.63, 3.8) is 0 Å². The third-order valence-corrected chi connectivity index (χ3v) is 3.99. The summed E-state index contributed by atoms with van der Waals surface area (Å²) in [6.07, 6.45) is 14.8. The molecule has 1 aliphatic rings. The van der Waals surface area contributed by atoms with Gasteiger partial charge in [-0.3, -0.25) is 4.79 Å². The summed E-state index contributed by atoms with van der Waals surface area (Å²) in [4.78, 5) is 12.4. The van der Waals surface area contributed by atoms with E-state index in [-0.39, 0.29) is 5.78 Å². The third-order valence-electron chi connectivity index (χ3n) is 3.99. The Morgan fingerprint density at radius 1 is 1.26 bits per heavy atom. The molecule has 0 amide bonds. The molecule has 0 heterocycles. The fraction of sp³-hybridized carbons (Fsp3) is 0.706. The number of hydrogen-bond donors (Lipinski definition) is 0. The minimum atomic E-state index is -0.776. The highest BCUT2D eigenvalue weighted by atomic mass is 16.5. The number of Topliss-reactive ketones (excluding diaryl/α,β-unsaturated/α-hetero) is 1. The zero-order valence-corrected chi connectivity index (χ0v) is 12.7. The number of allylic oxidation sites excluding steroid dienone is 2. The molecule has 108 valence electrons. The molecule has 1 aliphatic carbocycles. The average Bonchev–Trinajstić information content (AvgIpc) is 2.43. The first-order chi connectivity index (χ1) is 9.17. The molecule has 1 atom stereocenters. The van der Waals surface area contributed by atoms with Crippen LogP contribution in [0.1, 0.15) is 65.2 Å². The van der Waals surface area contributed by atoms with Crippen molar-refractivity contribution in [3.05, 3.63) is 23.8 Å². The van der Waals surface area contributed by atoms with Crippen molar-refractivity contribution < 1.29 is 9.53 Å². The Labute approximate surface area is 117 Å². The fourth-order valence-corrected chi connectivity index (χ4v) is 2.67. The summed E-state index contributed by atoms with van der Waals surface area (Å²) in [5, 5.41) is 0. The van der Waals surface area contributed by atoms with Crippen LogP contribution in [-0.4, -0.2) is 18.5 Å². The van der Waals surface area contributed by atoms with Crippen molar-refractivity contribution in [1.82, 2.24) is 0 Å². The van der Waals surface area contributed by atoms with Crippen LogP contribution < -0.4 is 0 Å². The van der Waals surface area contributed by atoms with E-state index in [1.807, 2.05) is 19.1 Å². The van der Waals surface area contributed by atoms with Gasteiger partial charge in [-0.1, -0.05) is 51.2 Å². The highest BCUT2D eigenvalue weighted by Crippen LogP contribution is 2.30. The summed E-state index contributed by atoms with van der Waals surface area (Å²) < 4.78 is 5.54. The molecule has 0 saturated heterocycles. The van der Waals surface area contributed by atoms with E-state index in [1.165, 1.54) is 25.7 Å². The van der Waals surface area contributed by atoms with Crippen LogP contribution in [-0.2, 0) is 9.53 Å². The standard InChI is InChI=1S/C17H28O2/c1-4-5-6-7-8-9-13-16(18)17(19-3)14-11-10-12-15(17)2/h11-12,14H,4-10,13H2,1-3H3. The zero-order chi connectivity index (χ0) is 14.1. The van der Waals surface area contributed by atoms with Crippen LogP contribution in [0.15, 0.2) is 23.8 Å². The monoisotopic (exact) mass is 264 g/mol. The lowest BCUT2D eigenvalue weighted by molar-refractivity contribution is -0.132. The van der Waals surface area contributed by atoms with Gasteiger partial charge in [-0.15, -0.1) is 0 Å². The number of ether oxygens (including phenoxy) is 1. The number of methoxy groups -OCH3 is 1. The molecule has 0 saturated carbocycles. The topological polar surface area (TPSA) is 26.3 Å². The smallest absolute Gasteiger partial charge is 0.172 e. The molecule has 0 aliphatic heterocycles. The predicted molar refractivity (Wildman–Crippen MR) is 80.3 cm³/mol. The first-order valence-corrected chi connectivity index (χ1v) is 7.60. The van der Waals surface area contributed by atoms with E-state index in [2.05, 4.69) is 13.0 Å². The normalized spacial score (nSPS) is 22.4. The van der Waals surface area contributed by atoms with Crippen LogP contribution in [0.3, 0.4) is 0 Å². The molecule has 0 spiro atoms. The molecule has 0 bridgehead atoms. The number of carbonyl (C=O) groups excluding carboxylic acids is 1. The third kappa shape index (κ3) is 4.31. The van der Waals surface area contributed by atoms with Crippen molar-refractivity contribution in [2.75, 3.05) is 7.11 Å². The molecule has 0 N–H and O–H groups in total. The van der Waals surface area contributed by atoms with E-state index in [4.69, 9.17) is 4.74 Å². The number of carbonyl (C=O) groups is 1. The predicted octanol–water partition coefficient (Wildman–Crippen LogP) is 4.60. The van der Waals surface area contributed by atoms with Crippen molar-refractivity contribution in [3.8, 4) is 0 Å². The molecular formula is C17H28O2.